The monoisotopic (exact) mass is 390 g/mol. The minimum absolute atomic E-state index is 0.118. The van der Waals surface area contributed by atoms with Gasteiger partial charge in [-0.25, -0.2) is 0 Å². The molecule has 1 atom stereocenters. The molecule has 0 spiro atoms. The van der Waals surface area contributed by atoms with Gasteiger partial charge in [-0.3, -0.25) is 14.4 Å². The van der Waals surface area contributed by atoms with E-state index in [0.29, 0.717) is 18.0 Å². The second-order valence-electron chi connectivity index (χ2n) is 5.69. The number of benzene rings is 1. The molecule has 27 heavy (non-hydrogen) atoms. The maximum Gasteiger partial charge on any atom is 0.306 e. The molecule has 144 valence electrons. The van der Waals surface area contributed by atoms with Crippen molar-refractivity contribution < 1.29 is 23.9 Å². The Bertz CT molecular complexity index is 818. The van der Waals surface area contributed by atoms with Crippen molar-refractivity contribution in [2.45, 2.75) is 32.8 Å². The highest BCUT2D eigenvalue weighted by molar-refractivity contribution is 7.14. The first-order valence-corrected chi connectivity index (χ1v) is 9.38. The molecule has 2 amide bonds. The van der Waals surface area contributed by atoms with Gasteiger partial charge in [-0.05, 0) is 43.3 Å². The molecule has 0 bridgehead atoms. The molecule has 0 fully saturated rings. The number of anilines is 1. The van der Waals surface area contributed by atoms with Gasteiger partial charge in [0, 0.05) is 6.42 Å². The molecule has 0 radical (unpaired) electrons. The first-order valence-electron chi connectivity index (χ1n) is 8.50. The molecule has 7 nitrogen and oxygen atoms in total. The summed E-state index contributed by atoms with van der Waals surface area (Å²) in [6.45, 7) is 3.90. The van der Waals surface area contributed by atoms with Crippen LogP contribution in [0.4, 0.5) is 5.00 Å². The highest BCUT2D eigenvalue weighted by Gasteiger charge is 2.20. The van der Waals surface area contributed by atoms with E-state index in [2.05, 4.69) is 5.32 Å². The Labute approximate surface area is 161 Å². The minimum Gasteiger partial charge on any atom is -0.494 e. The molecule has 1 aromatic heterocycles. The van der Waals surface area contributed by atoms with Gasteiger partial charge in [0.15, 0.2) is 6.10 Å². The Morgan fingerprint density at radius 3 is 2.67 bits per heavy atom. The van der Waals surface area contributed by atoms with E-state index >= 15 is 0 Å². The molecule has 1 aromatic carbocycles. The Kier molecular flexibility index (Phi) is 7.36. The number of nitrogens with one attached hydrogen (secondary N) is 1. The van der Waals surface area contributed by atoms with Crippen molar-refractivity contribution in [2.75, 3.05) is 11.9 Å². The molecule has 1 heterocycles. The number of hydrogen-bond donors (Lipinski definition) is 2. The standard InChI is InChI=1S/C19H22N2O5S/c1-3-25-15-7-5-4-6-13(15)8-9-16(22)26-12(2)18(24)21-19-14(17(20)23)10-11-27-19/h4-7,10-12H,3,8-9H2,1-2H3,(H2,20,23)(H,21,24)/t12-/m0/s1. The zero-order valence-electron chi connectivity index (χ0n) is 15.2. The van der Waals surface area contributed by atoms with Crippen LogP contribution in [0.15, 0.2) is 35.7 Å². The summed E-state index contributed by atoms with van der Waals surface area (Å²) in [5.41, 5.74) is 6.36. The summed E-state index contributed by atoms with van der Waals surface area (Å²) in [6, 6.07) is 8.99. The van der Waals surface area contributed by atoms with E-state index in [9.17, 15) is 14.4 Å². The summed E-state index contributed by atoms with van der Waals surface area (Å²) in [5, 5.41) is 4.53. The quantitative estimate of drug-likeness (QED) is 0.640. The SMILES string of the molecule is CCOc1ccccc1CCC(=O)O[C@@H](C)C(=O)Nc1sccc1C(N)=O. The number of ether oxygens (including phenoxy) is 2. The van der Waals surface area contributed by atoms with Crippen LogP contribution in [-0.2, 0) is 20.7 Å². The third kappa shape index (κ3) is 5.82. The lowest BCUT2D eigenvalue weighted by Crippen LogP contribution is -2.30. The summed E-state index contributed by atoms with van der Waals surface area (Å²) in [4.78, 5) is 35.5. The molecule has 2 rings (SSSR count). The van der Waals surface area contributed by atoms with Gasteiger partial charge in [-0.2, -0.15) is 0 Å². The second-order valence-corrected chi connectivity index (χ2v) is 6.61. The lowest BCUT2D eigenvalue weighted by atomic mass is 10.1. The first-order chi connectivity index (χ1) is 12.9. The highest BCUT2D eigenvalue weighted by Crippen LogP contribution is 2.23. The number of carbonyl (C=O) groups excluding carboxylic acids is 3. The lowest BCUT2D eigenvalue weighted by Gasteiger charge is -2.14. The van der Waals surface area contributed by atoms with Gasteiger partial charge in [0.2, 0.25) is 0 Å². The van der Waals surface area contributed by atoms with E-state index in [1.54, 1.807) is 5.38 Å². The van der Waals surface area contributed by atoms with Crippen LogP contribution >= 0.6 is 11.3 Å². The average Bonchev–Trinajstić information content (AvgIpc) is 3.09. The first kappa shape index (κ1) is 20.4. The predicted octanol–water partition coefficient (Wildman–Crippen LogP) is 2.75. The van der Waals surface area contributed by atoms with Gasteiger partial charge in [0.1, 0.15) is 10.8 Å². The maximum atomic E-state index is 12.2. The normalized spacial score (nSPS) is 11.5. The zero-order valence-corrected chi connectivity index (χ0v) is 16.0. The minimum atomic E-state index is -0.998. The Balaban J connectivity index is 1.87. The third-order valence-corrected chi connectivity index (χ3v) is 4.55. The van der Waals surface area contributed by atoms with E-state index in [1.807, 2.05) is 31.2 Å². The van der Waals surface area contributed by atoms with Crippen molar-refractivity contribution in [1.82, 2.24) is 0 Å². The molecule has 2 aromatic rings. The topological polar surface area (TPSA) is 108 Å². The molecular weight excluding hydrogens is 368 g/mol. The summed E-state index contributed by atoms with van der Waals surface area (Å²) < 4.78 is 10.7. The van der Waals surface area contributed by atoms with E-state index < -0.39 is 23.9 Å². The van der Waals surface area contributed by atoms with Crippen LogP contribution < -0.4 is 15.8 Å². The van der Waals surface area contributed by atoms with Crippen molar-refractivity contribution in [3.63, 3.8) is 0 Å². The van der Waals surface area contributed by atoms with E-state index in [-0.39, 0.29) is 12.0 Å². The van der Waals surface area contributed by atoms with E-state index in [4.69, 9.17) is 15.2 Å². The molecule has 8 heteroatoms. The van der Waals surface area contributed by atoms with Crippen LogP contribution in [0.5, 0.6) is 5.75 Å². The van der Waals surface area contributed by atoms with E-state index in [0.717, 1.165) is 11.3 Å². The van der Waals surface area contributed by atoms with Gasteiger partial charge >= 0.3 is 5.97 Å². The van der Waals surface area contributed by atoms with Crippen LogP contribution in [0.3, 0.4) is 0 Å². The number of thiophene rings is 1. The Morgan fingerprint density at radius 1 is 1.22 bits per heavy atom. The fraction of sp³-hybridized carbons (Fsp3) is 0.316. The largest absolute Gasteiger partial charge is 0.494 e. The highest BCUT2D eigenvalue weighted by atomic mass is 32.1. The number of carbonyl (C=O) groups is 3. The molecule has 0 saturated carbocycles. The fourth-order valence-corrected chi connectivity index (χ4v) is 3.16. The summed E-state index contributed by atoms with van der Waals surface area (Å²) in [7, 11) is 0. The van der Waals surface area contributed by atoms with Crippen molar-refractivity contribution in [2.24, 2.45) is 5.73 Å². The number of rotatable bonds is 9. The smallest absolute Gasteiger partial charge is 0.306 e. The summed E-state index contributed by atoms with van der Waals surface area (Å²) in [5.74, 6) is -0.923. The fourth-order valence-electron chi connectivity index (χ4n) is 2.37. The van der Waals surface area contributed by atoms with Gasteiger partial charge < -0.3 is 20.5 Å². The number of aryl methyl sites for hydroxylation is 1. The van der Waals surface area contributed by atoms with Gasteiger partial charge in [0.25, 0.3) is 11.8 Å². The Hall–Kier alpha value is -2.87. The number of esters is 1. The van der Waals surface area contributed by atoms with Crippen molar-refractivity contribution in [3.05, 3.63) is 46.8 Å². The number of para-hydroxylation sites is 1. The lowest BCUT2D eigenvalue weighted by molar-refractivity contribution is -0.153. The predicted molar refractivity (Wildman–Crippen MR) is 103 cm³/mol. The van der Waals surface area contributed by atoms with Gasteiger partial charge in [0.05, 0.1) is 12.2 Å². The maximum absolute atomic E-state index is 12.2. The number of primary amides is 1. The molecule has 0 unspecified atom stereocenters. The zero-order chi connectivity index (χ0) is 19.8. The van der Waals surface area contributed by atoms with E-state index in [1.165, 1.54) is 24.3 Å². The molecule has 0 aliphatic carbocycles. The molecule has 0 aliphatic heterocycles. The van der Waals surface area contributed by atoms with Crippen LogP contribution in [0.25, 0.3) is 0 Å². The summed E-state index contributed by atoms with van der Waals surface area (Å²) in [6.07, 6.45) is -0.435. The van der Waals surface area contributed by atoms with Crippen LogP contribution in [0, 0.1) is 0 Å². The summed E-state index contributed by atoms with van der Waals surface area (Å²) >= 11 is 1.17. The van der Waals surface area contributed by atoms with Gasteiger partial charge in [-0.1, -0.05) is 18.2 Å². The van der Waals surface area contributed by atoms with Crippen molar-refractivity contribution in [1.29, 1.82) is 0 Å². The van der Waals surface area contributed by atoms with Crippen LogP contribution in [0.1, 0.15) is 36.2 Å². The molecule has 0 saturated heterocycles. The molecule has 0 aliphatic rings. The Morgan fingerprint density at radius 2 is 1.96 bits per heavy atom. The second kappa shape index (κ2) is 9.72. The molecule has 3 N–H and O–H groups in total. The van der Waals surface area contributed by atoms with Crippen LogP contribution in [0.2, 0.25) is 0 Å². The van der Waals surface area contributed by atoms with Crippen molar-refractivity contribution >= 4 is 34.1 Å². The number of hydrogen-bond acceptors (Lipinski definition) is 6. The van der Waals surface area contributed by atoms with Crippen molar-refractivity contribution in [3.8, 4) is 5.75 Å². The average molecular weight is 390 g/mol. The molecular formula is C19H22N2O5S. The van der Waals surface area contributed by atoms with Gasteiger partial charge in [-0.15, -0.1) is 11.3 Å². The number of nitrogens with two attached hydrogens (primary N) is 1. The number of amides is 2. The van der Waals surface area contributed by atoms with Crippen LogP contribution in [-0.4, -0.2) is 30.5 Å². The third-order valence-electron chi connectivity index (χ3n) is 3.72.